The zero-order valence-corrected chi connectivity index (χ0v) is 19.5. The topological polar surface area (TPSA) is 75.3 Å². The summed E-state index contributed by atoms with van der Waals surface area (Å²) in [6.45, 7) is 1.81. The van der Waals surface area contributed by atoms with E-state index in [4.69, 9.17) is 34.8 Å². The van der Waals surface area contributed by atoms with Crippen molar-refractivity contribution in [2.24, 2.45) is 0 Å². The van der Waals surface area contributed by atoms with E-state index >= 15 is 0 Å². The molecule has 0 heterocycles. The summed E-state index contributed by atoms with van der Waals surface area (Å²) in [5.41, 5.74) is 2.07. The number of sulfonamides is 1. The third-order valence-electron chi connectivity index (χ3n) is 4.54. The molecule has 5 nitrogen and oxygen atoms in total. The van der Waals surface area contributed by atoms with E-state index in [9.17, 15) is 13.2 Å². The molecule has 0 aromatic heterocycles. The van der Waals surface area contributed by atoms with E-state index in [1.807, 2.05) is 37.3 Å². The van der Waals surface area contributed by atoms with E-state index in [2.05, 4.69) is 10.0 Å². The molecule has 2 N–H and O–H groups in total. The van der Waals surface area contributed by atoms with Gasteiger partial charge < -0.3 is 5.32 Å². The molecule has 3 aromatic rings. The van der Waals surface area contributed by atoms with Gasteiger partial charge in [-0.1, -0.05) is 71.2 Å². The van der Waals surface area contributed by atoms with E-state index in [1.54, 1.807) is 18.2 Å². The summed E-state index contributed by atoms with van der Waals surface area (Å²) in [7, 11) is -4.14. The molecular formula is C22H19Cl3N2O3S. The van der Waals surface area contributed by atoms with E-state index in [-0.39, 0.29) is 21.4 Å². The SMILES string of the molecule is Cc1ccc(Cl)cc1NC(=O)[C@@H](Cc1ccccc1)NS(=O)(=O)c1cc(Cl)ccc1Cl. The number of carbonyl (C=O) groups excluding carboxylic acids is 1. The normalized spacial score (nSPS) is 12.4. The first kappa shape index (κ1) is 23.6. The highest BCUT2D eigenvalue weighted by Crippen LogP contribution is 2.26. The maximum Gasteiger partial charge on any atom is 0.242 e. The first-order chi connectivity index (χ1) is 14.7. The molecule has 0 saturated heterocycles. The highest BCUT2D eigenvalue weighted by molar-refractivity contribution is 7.89. The summed E-state index contributed by atoms with van der Waals surface area (Å²) in [6, 6.07) is 17.2. The number of anilines is 1. The van der Waals surface area contributed by atoms with Crippen LogP contribution in [0.25, 0.3) is 0 Å². The quantitative estimate of drug-likeness (QED) is 0.454. The molecule has 0 saturated carbocycles. The molecule has 0 radical (unpaired) electrons. The maximum atomic E-state index is 13.1. The Morgan fingerprint density at radius 2 is 1.58 bits per heavy atom. The molecule has 0 aliphatic rings. The minimum atomic E-state index is -4.14. The lowest BCUT2D eigenvalue weighted by Gasteiger charge is -2.20. The van der Waals surface area contributed by atoms with Crippen molar-refractivity contribution in [3.63, 3.8) is 0 Å². The average Bonchev–Trinajstić information content (AvgIpc) is 2.72. The molecule has 0 aliphatic heterocycles. The Hall–Kier alpha value is -2.09. The van der Waals surface area contributed by atoms with Gasteiger partial charge in [-0.15, -0.1) is 0 Å². The smallest absolute Gasteiger partial charge is 0.242 e. The van der Waals surface area contributed by atoms with Crippen molar-refractivity contribution in [3.8, 4) is 0 Å². The number of carbonyl (C=O) groups is 1. The molecule has 0 fully saturated rings. The van der Waals surface area contributed by atoms with Crippen LogP contribution in [0.4, 0.5) is 5.69 Å². The van der Waals surface area contributed by atoms with Crippen LogP contribution in [0, 0.1) is 6.92 Å². The zero-order valence-electron chi connectivity index (χ0n) is 16.4. The van der Waals surface area contributed by atoms with Gasteiger partial charge >= 0.3 is 0 Å². The highest BCUT2D eigenvalue weighted by Gasteiger charge is 2.28. The van der Waals surface area contributed by atoms with Gasteiger partial charge in [0.25, 0.3) is 0 Å². The fourth-order valence-electron chi connectivity index (χ4n) is 2.92. The van der Waals surface area contributed by atoms with Crippen LogP contribution >= 0.6 is 34.8 Å². The predicted octanol–water partition coefficient (Wildman–Crippen LogP) is 5.48. The van der Waals surface area contributed by atoms with Gasteiger partial charge in [-0.25, -0.2) is 8.42 Å². The Balaban J connectivity index is 1.93. The van der Waals surface area contributed by atoms with Crippen LogP contribution in [0.15, 0.2) is 71.6 Å². The van der Waals surface area contributed by atoms with Gasteiger partial charge in [0.05, 0.1) is 5.02 Å². The Morgan fingerprint density at radius 3 is 2.29 bits per heavy atom. The largest absolute Gasteiger partial charge is 0.324 e. The number of aryl methyl sites for hydroxylation is 1. The lowest BCUT2D eigenvalue weighted by Crippen LogP contribution is -2.45. The van der Waals surface area contributed by atoms with Crippen LogP contribution in [0.5, 0.6) is 0 Å². The first-order valence-electron chi connectivity index (χ1n) is 9.24. The molecule has 9 heteroatoms. The molecule has 0 unspecified atom stereocenters. The second-order valence-electron chi connectivity index (χ2n) is 6.89. The van der Waals surface area contributed by atoms with Crippen LogP contribution in [-0.4, -0.2) is 20.4 Å². The second-order valence-corrected chi connectivity index (χ2v) is 9.85. The standard InChI is InChI=1S/C22H19Cl3N2O3S/c1-14-7-8-16(23)12-19(14)26-22(28)20(11-15-5-3-2-4-6-15)27-31(29,30)21-13-17(24)9-10-18(21)25/h2-10,12-13,20,27H,11H2,1H3,(H,26,28)/t20-/m1/s1. The predicted molar refractivity (Wildman–Crippen MR) is 126 cm³/mol. The molecule has 0 spiro atoms. The Kier molecular flexibility index (Phi) is 7.62. The second kappa shape index (κ2) is 10.0. The molecular weight excluding hydrogens is 479 g/mol. The van der Waals surface area contributed by atoms with Crippen molar-refractivity contribution < 1.29 is 13.2 Å². The van der Waals surface area contributed by atoms with Crippen LogP contribution in [0.3, 0.4) is 0 Å². The molecule has 3 aromatic carbocycles. The van der Waals surface area contributed by atoms with E-state index in [0.29, 0.717) is 10.7 Å². The lowest BCUT2D eigenvalue weighted by molar-refractivity contribution is -0.117. The van der Waals surface area contributed by atoms with Crippen molar-refractivity contribution >= 4 is 56.4 Å². The minimum Gasteiger partial charge on any atom is -0.324 e. The number of benzene rings is 3. The van der Waals surface area contributed by atoms with Crippen LogP contribution < -0.4 is 10.0 Å². The Morgan fingerprint density at radius 1 is 0.935 bits per heavy atom. The number of halogens is 3. The molecule has 1 atom stereocenters. The van der Waals surface area contributed by atoms with Gasteiger partial charge in [0, 0.05) is 15.7 Å². The van der Waals surface area contributed by atoms with Crippen LogP contribution in [0.2, 0.25) is 15.1 Å². The van der Waals surface area contributed by atoms with Crippen molar-refractivity contribution in [2.75, 3.05) is 5.32 Å². The number of nitrogens with one attached hydrogen (secondary N) is 2. The Bertz CT molecular complexity index is 1200. The lowest BCUT2D eigenvalue weighted by atomic mass is 10.1. The van der Waals surface area contributed by atoms with Crippen molar-refractivity contribution in [2.45, 2.75) is 24.3 Å². The molecule has 3 rings (SSSR count). The summed E-state index contributed by atoms with van der Waals surface area (Å²) in [4.78, 5) is 12.9. The van der Waals surface area contributed by atoms with Crippen molar-refractivity contribution in [1.29, 1.82) is 0 Å². The minimum absolute atomic E-state index is 0.00135. The number of hydrogen-bond donors (Lipinski definition) is 2. The first-order valence-corrected chi connectivity index (χ1v) is 11.9. The van der Waals surface area contributed by atoms with Gasteiger partial charge in [-0.3, -0.25) is 4.79 Å². The molecule has 162 valence electrons. The summed E-state index contributed by atoms with van der Waals surface area (Å²) < 4.78 is 28.5. The van der Waals surface area contributed by atoms with E-state index < -0.39 is 22.0 Å². The summed E-state index contributed by atoms with van der Waals surface area (Å²) in [5.74, 6) is -0.532. The third kappa shape index (κ3) is 6.21. The van der Waals surface area contributed by atoms with Gasteiger partial charge in [-0.05, 0) is 54.8 Å². The molecule has 1 amide bonds. The van der Waals surface area contributed by atoms with Gasteiger partial charge in [0.1, 0.15) is 10.9 Å². The monoisotopic (exact) mass is 496 g/mol. The highest BCUT2D eigenvalue weighted by atomic mass is 35.5. The van der Waals surface area contributed by atoms with Gasteiger partial charge in [0.2, 0.25) is 15.9 Å². The van der Waals surface area contributed by atoms with E-state index in [0.717, 1.165) is 11.1 Å². The molecule has 0 bridgehead atoms. The van der Waals surface area contributed by atoms with Crippen LogP contribution in [-0.2, 0) is 21.2 Å². The molecule has 0 aliphatic carbocycles. The number of rotatable bonds is 7. The van der Waals surface area contributed by atoms with Gasteiger partial charge in [0.15, 0.2) is 0 Å². The number of hydrogen-bond acceptors (Lipinski definition) is 3. The average molecular weight is 498 g/mol. The summed E-state index contributed by atoms with van der Waals surface area (Å²) >= 11 is 18.1. The third-order valence-corrected chi connectivity index (χ3v) is 6.96. The fourth-order valence-corrected chi connectivity index (χ4v) is 5.05. The van der Waals surface area contributed by atoms with Crippen LogP contribution in [0.1, 0.15) is 11.1 Å². The Labute approximate surface area is 196 Å². The maximum absolute atomic E-state index is 13.1. The van der Waals surface area contributed by atoms with Crippen molar-refractivity contribution in [1.82, 2.24) is 4.72 Å². The zero-order chi connectivity index (χ0) is 22.6. The summed E-state index contributed by atoms with van der Waals surface area (Å²) in [6.07, 6.45) is 0.129. The fraction of sp³-hybridized carbons (Fsp3) is 0.136. The number of amides is 1. The van der Waals surface area contributed by atoms with E-state index in [1.165, 1.54) is 18.2 Å². The van der Waals surface area contributed by atoms with Crippen molar-refractivity contribution in [3.05, 3.63) is 92.9 Å². The molecule has 31 heavy (non-hydrogen) atoms. The summed E-state index contributed by atoms with van der Waals surface area (Å²) in [5, 5.41) is 3.43. The van der Waals surface area contributed by atoms with Gasteiger partial charge in [-0.2, -0.15) is 4.72 Å².